The van der Waals surface area contributed by atoms with Crippen LogP contribution < -0.4 is 11.5 Å². The SMILES string of the molecule is CC1(C(N)=O)CCN(C(=O)[C@@H](N)C(C)(C)C)C1. The second-order valence-electron chi connectivity index (χ2n) is 6.28. The molecular weight excluding hydrogens is 218 g/mol. The van der Waals surface area contributed by atoms with Crippen molar-refractivity contribution in [3.05, 3.63) is 0 Å². The Morgan fingerprint density at radius 2 is 1.88 bits per heavy atom. The molecule has 2 amide bonds. The first-order valence-electron chi connectivity index (χ1n) is 5.92. The monoisotopic (exact) mass is 241 g/mol. The molecule has 4 N–H and O–H groups in total. The Kier molecular flexibility index (Phi) is 3.52. The number of hydrogen-bond donors (Lipinski definition) is 2. The molecule has 1 fully saturated rings. The van der Waals surface area contributed by atoms with Crippen LogP contribution >= 0.6 is 0 Å². The molecule has 0 bridgehead atoms. The van der Waals surface area contributed by atoms with Crippen LogP contribution in [-0.2, 0) is 9.59 Å². The van der Waals surface area contributed by atoms with Crippen molar-refractivity contribution in [3.8, 4) is 0 Å². The van der Waals surface area contributed by atoms with Crippen LogP contribution in [0.5, 0.6) is 0 Å². The van der Waals surface area contributed by atoms with Crippen LogP contribution in [-0.4, -0.2) is 35.8 Å². The normalized spacial score (nSPS) is 27.0. The number of amides is 2. The fourth-order valence-corrected chi connectivity index (χ4v) is 1.92. The molecule has 0 aromatic rings. The fourth-order valence-electron chi connectivity index (χ4n) is 1.92. The second kappa shape index (κ2) is 4.29. The summed E-state index contributed by atoms with van der Waals surface area (Å²) in [5, 5.41) is 0. The van der Waals surface area contributed by atoms with E-state index in [2.05, 4.69) is 0 Å². The molecule has 1 saturated heterocycles. The lowest BCUT2D eigenvalue weighted by Gasteiger charge is -2.30. The van der Waals surface area contributed by atoms with Crippen LogP contribution in [0, 0.1) is 10.8 Å². The molecule has 1 aliphatic rings. The molecule has 2 atom stereocenters. The number of carbonyl (C=O) groups excluding carboxylic acids is 2. The van der Waals surface area contributed by atoms with Crippen molar-refractivity contribution in [3.63, 3.8) is 0 Å². The van der Waals surface area contributed by atoms with Gasteiger partial charge in [-0.25, -0.2) is 0 Å². The first-order chi connectivity index (χ1) is 7.58. The predicted molar refractivity (Wildman–Crippen MR) is 65.9 cm³/mol. The standard InChI is InChI=1S/C12H23N3O2/c1-11(2,3)8(13)9(16)15-6-5-12(4,7-15)10(14)17/h8H,5-7,13H2,1-4H3,(H2,14,17)/t8-,12?/m1/s1. The van der Waals surface area contributed by atoms with Gasteiger partial charge < -0.3 is 16.4 Å². The van der Waals surface area contributed by atoms with Gasteiger partial charge in [0.2, 0.25) is 11.8 Å². The first kappa shape index (κ1) is 14.0. The van der Waals surface area contributed by atoms with E-state index in [4.69, 9.17) is 11.5 Å². The minimum atomic E-state index is -0.604. The number of carbonyl (C=O) groups is 2. The average molecular weight is 241 g/mol. The van der Waals surface area contributed by atoms with Crippen molar-refractivity contribution < 1.29 is 9.59 Å². The molecule has 0 saturated carbocycles. The summed E-state index contributed by atoms with van der Waals surface area (Å²) in [6, 6.07) is -0.544. The molecule has 1 heterocycles. The van der Waals surface area contributed by atoms with Gasteiger partial charge in [0, 0.05) is 13.1 Å². The topological polar surface area (TPSA) is 89.4 Å². The third kappa shape index (κ3) is 2.77. The highest BCUT2D eigenvalue weighted by Crippen LogP contribution is 2.31. The van der Waals surface area contributed by atoms with Gasteiger partial charge in [-0.1, -0.05) is 20.8 Å². The van der Waals surface area contributed by atoms with Crippen molar-refractivity contribution in [2.75, 3.05) is 13.1 Å². The van der Waals surface area contributed by atoms with Crippen molar-refractivity contribution in [2.45, 2.75) is 40.2 Å². The largest absolute Gasteiger partial charge is 0.369 e. The maximum absolute atomic E-state index is 12.2. The highest BCUT2D eigenvalue weighted by atomic mass is 16.2. The highest BCUT2D eigenvalue weighted by molar-refractivity contribution is 5.86. The van der Waals surface area contributed by atoms with Gasteiger partial charge in [0.25, 0.3) is 0 Å². The Labute approximate surface area is 103 Å². The summed E-state index contributed by atoms with van der Waals surface area (Å²) < 4.78 is 0. The van der Waals surface area contributed by atoms with Gasteiger partial charge in [-0.2, -0.15) is 0 Å². The molecule has 0 spiro atoms. The Morgan fingerprint density at radius 1 is 1.35 bits per heavy atom. The van der Waals surface area contributed by atoms with Crippen LogP contribution in [0.15, 0.2) is 0 Å². The fraction of sp³-hybridized carbons (Fsp3) is 0.833. The van der Waals surface area contributed by atoms with Crippen LogP contribution in [0.1, 0.15) is 34.1 Å². The zero-order chi connectivity index (χ0) is 13.4. The Hall–Kier alpha value is -1.10. The van der Waals surface area contributed by atoms with E-state index in [0.29, 0.717) is 19.5 Å². The molecule has 0 aliphatic carbocycles. The molecular formula is C12H23N3O2. The minimum Gasteiger partial charge on any atom is -0.369 e. The lowest BCUT2D eigenvalue weighted by atomic mass is 9.86. The molecule has 5 heteroatoms. The van der Waals surface area contributed by atoms with E-state index >= 15 is 0 Å². The van der Waals surface area contributed by atoms with Crippen LogP contribution in [0.2, 0.25) is 0 Å². The molecule has 0 aromatic carbocycles. The van der Waals surface area contributed by atoms with Gasteiger partial charge in [0.1, 0.15) is 0 Å². The molecule has 1 unspecified atom stereocenters. The van der Waals surface area contributed by atoms with Crippen LogP contribution in [0.25, 0.3) is 0 Å². The quantitative estimate of drug-likeness (QED) is 0.717. The maximum atomic E-state index is 12.2. The van der Waals surface area contributed by atoms with Gasteiger partial charge in [-0.05, 0) is 18.8 Å². The van der Waals surface area contributed by atoms with E-state index in [1.165, 1.54) is 0 Å². The molecule has 98 valence electrons. The Morgan fingerprint density at radius 3 is 2.24 bits per heavy atom. The number of nitrogens with zero attached hydrogens (tertiary/aromatic N) is 1. The number of nitrogens with two attached hydrogens (primary N) is 2. The van der Waals surface area contributed by atoms with Crippen LogP contribution in [0.4, 0.5) is 0 Å². The van der Waals surface area contributed by atoms with Crippen LogP contribution in [0.3, 0.4) is 0 Å². The van der Waals surface area contributed by atoms with E-state index in [-0.39, 0.29) is 17.2 Å². The summed E-state index contributed by atoms with van der Waals surface area (Å²) >= 11 is 0. The molecule has 0 aromatic heterocycles. The van der Waals surface area contributed by atoms with Crippen molar-refractivity contribution in [1.82, 2.24) is 4.90 Å². The Balaban J connectivity index is 2.73. The second-order valence-corrected chi connectivity index (χ2v) is 6.28. The number of hydrogen-bond acceptors (Lipinski definition) is 3. The Bertz CT molecular complexity index is 335. The lowest BCUT2D eigenvalue weighted by Crippen LogP contribution is -2.50. The lowest BCUT2D eigenvalue weighted by molar-refractivity contribution is -0.134. The maximum Gasteiger partial charge on any atom is 0.240 e. The smallest absolute Gasteiger partial charge is 0.240 e. The summed E-state index contributed by atoms with van der Waals surface area (Å²) in [6.45, 7) is 8.52. The van der Waals surface area contributed by atoms with Gasteiger partial charge in [-0.3, -0.25) is 9.59 Å². The molecule has 5 nitrogen and oxygen atoms in total. The molecule has 0 radical (unpaired) electrons. The summed E-state index contributed by atoms with van der Waals surface area (Å²) in [5.41, 5.74) is 10.4. The summed E-state index contributed by atoms with van der Waals surface area (Å²) in [7, 11) is 0. The zero-order valence-electron chi connectivity index (χ0n) is 11.1. The summed E-state index contributed by atoms with van der Waals surface area (Å²) in [6.07, 6.45) is 0.616. The van der Waals surface area contributed by atoms with E-state index in [9.17, 15) is 9.59 Å². The molecule has 1 aliphatic heterocycles. The highest BCUT2D eigenvalue weighted by Gasteiger charge is 2.43. The first-order valence-corrected chi connectivity index (χ1v) is 5.92. The number of primary amides is 1. The van der Waals surface area contributed by atoms with Gasteiger partial charge in [0.15, 0.2) is 0 Å². The van der Waals surface area contributed by atoms with Gasteiger partial charge in [0.05, 0.1) is 11.5 Å². The predicted octanol–water partition coefficient (Wildman–Crippen LogP) is 0.0837. The van der Waals surface area contributed by atoms with E-state index in [1.54, 1.807) is 11.8 Å². The third-order valence-electron chi connectivity index (χ3n) is 3.58. The number of likely N-dealkylation sites (tertiary alicyclic amines) is 1. The minimum absolute atomic E-state index is 0.0949. The van der Waals surface area contributed by atoms with Gasteiger partial charge >= 0.3 is 0 Å². The molecule has 17 heavy (non-hydrogen) atoms. The third-order valence-corrected chi connectivity index (χ3v) is 3.58. The molecule has 1 rings (SSSR count). The summed E-state index contributed by atoms with van der Waals surface area (Å²) in [5.74, 6) is -0.445. The van der Waals surface area contributed by atoms with Crippen molar-refractivity contribution in [2.24, 2.45) is 22.3 Å². The average Bonchev–Trinajstić information content (AvgIpc) is 2.59. The zero-order valence-corrected chi connectivity index (χ0v) is 11.1. The van der Waals surface area contributed by atoms with E-state index in [1.807, 2.05) is 20.8 Å². The van der Waals surface area contributed by atoms with Crippen molar-refractivity contribution in [1.29, 1.82) is 0 Å². The van der Waals surface area contributed by atoms with Gasteiger partial charge in [-0.15, -0.1) is 0 Å². The summed E-state index contributed by atoms with van der Waals surface area (Å²) in [4.78, 5) is 25.1. The van der Waals surface area contributed by atoms with E-state index in [0.717, 1.165) is 0 Å². The number of rotatable bonds is 2. The van der Waals surface area contributed by atoms with Crippen molar-refractivity contribution >= 4 is 11.8 Å². The van der Waals surface area contributed by atoms with E-state index < -0.39 is 11.5 Å².